The normalized spacial score (nSPS) is 11.8. The number of methoxy groups -OCH3 is 1. The molecule has 0 radical (unpaired) electrons. The molecule has 2 aromatic rings. The van der Waals surface area contributed by atoms with E-state index in [0.717, 1.165) is 0 Å². The van der Waals surface area contributed by atoms with Gasteiger partial charge in [0.15, 0.2) is 0 Å². The lowest BCUT2D eigenvalue weighted by Gasteiger charge is -2.17. The number of nitrogen functional groups attached to an aromatic ring is 1. The predicted molar refractivity (Wildman–Crippen MR) is 69.2 cm³/mol. The summed E-state index contributed by atoms with van der Waals surface area (Å²) in [4.78, 5) is 4.28. The molecular formula is C12H14ClN3O2. The molecule has 0 aliphatic heterocycles. The van der Waals surface area contributed by atoms with E-state index in [-0.39, 0.29) is 0 Å². The molecule has 2 N–H and O–H groups in total. The van der Waals surface area contributed by atoms with Crippen molar-refractivity contribution >= 4 is 17.3 Å². The third-order valence-electron chi connectivity index (χ3n) is 2.76. The molecule has 0 aliphatic rings. The highest BCUT2D eigenvalue weighted by Gasteiger charge is 2.27. The lowest BCUT2D eigenvalue weighted by atomic mass is 10.1. The van der Waals surface area contributed by atoms with E-state index >= 15 is 0 Å². The topological polar surface area (TPSA) is 74.2 Å². The minimum Gasteiger partial charge on any atom is -0.397 e. The standard InChI is InChI=1S/C12H14ClN3O2/c1-12(2,17-3)11-15-10(18-16-11)7-5-4-6-8(13)9(7)14/h4-6H,14H2,1-3H3. The molecule has 18 heavy (non-hydrogen) atoms. The summed E-state index contributed by atoms with van der Waals surface area (Å²) in [5, 5.41) is 4.35. The van der Waals surface area contributed by atoms with Gasteiger partial charge < -0.3 is 15.0 Å². The Hall–Kier alpha value is -1.59. The fourth-order valence-electron chi connectivity index (χ4n) is 1.39. The first-order valence-corrected chi connectivity index (χ1v) is 5.77. The highest BCUT2D eigenvalue weighted by molar-refractivity contribution is 6.33. The average Bonchev–Trinajstić information content (AvgIpc) is 2.82. The van der Waals surface area contributed by atoms with E-state index in [4.69, 9.17) is 26.6 Å². The van der Waals surface area contributed by atoms with E-state index < -0.39 is 5.60 Å². The van der Waals surface area contributed by atoms with Crippen molar-refractivity contribution in [1.82, 2.24) is 10.1 Å². The second-order valence-electron chi connectivity index (χ2n) is 4.34. The van der Waals surface area contributed by atoms with Gasteiger partial charge in [0.05, 0.1) is 16.3 Å². The summed E-state index contributed by atoms with van der Waals surface area (Å²) in [6.45, 7) is 3.70. The molecule has 1 aromatic carbocycles. The number of hydrogen-bond acceptors (Lipinski definition) is 5. The van der Waals surface area contributed by atoms with Crippen LogP contribution in [-0.4, -0.2) is 17.3 Å². The van der Waals surface area contributed by atoms with Gasteiger partial charge in [-0.25, -0.2) is 0 Å². The van der Waals surface area contributed by atoms with Crippen LogP contribution >= 0.6 is 11.6 Å². The van der Waals surface area contributed by atoms with Gasteiger partial charge in [-0.3, -0.25) is 0 Å². The van der Waals surface area contributed by atoms with E-state index in [2.05, 4.69) is 10.1 Å². The van der Waals surface area contributed by atoms with Crippen molar-refractivity contribution < 1.29 is 9.26 Å². The number of benzene rings is 1. The highest BCUT2D eigenvalue weighted by atomic mass is 35.5. The number of anilines is 1. The number of nitrogens with two attached hydrogens (primary N) is 1. The van der Waals surface area contributed by atoms with Gasteiger partial charge in [-0.1, -0.05) is 22.8 Å². The molecule has 0 bridgehead atoms. The first-order chi connectivity index (χ1) is 8.45. The van der Waals surface area contributed by atoms with Crippen LogP contribution in [0.25, 0.3) is 11.5 Å². The Labute approximate surface area is 110 Å². The number of para-hydroxylation sites is 1. The van der Waals surface area contributed by atoms with Crippen LogP contribution in [0, 0.1) is 0 Å². The van der Waals surface area contributed by atoms with Crippen molar-refractivity contribution in [3.05, 3.63) is 29.0 Å². The maximum Gasteiger partial charge on any atom is 0.260 e. The molecule has 1 aromatic heterocycles. The third-order valence-corrected chi connectivity index (χ3v) is 3.09. The van der Waals surface area contributed by atoms with E-state index in [0.29, 0.717) is 28.0 Å². The lowest BCUT2D eigenvalue weighted by Crippen LogP contribution is -2.21. The molecule has 6 heteroatoms. The van der Waals surface area contributed by atoms with Crippen LogP contribution in [0.4, 0.5) is 5.69 Å². The van der Waals surface area contributed by atoms with E-state index in [1.165, 1.54) is 0 Å². The van der Waals surface area contributed by atoms with Gasteiger partial charge in [0.1, 0.15) is 5.60 Å². The monoisotopic (exact) mass is 267 g/mol. The zero-order chi connectivity index (χ0) is 13.3. The Morgan fingerprint density at radius 1 is 1.39 bits per heavy atom. The molecule has 0 saturated carbocycles. The van der Waals surface area contributed by atoms with Crippen molar-refractivity contribution in [2.45, 2.75) is 19.4 Å². The fourth-order valence-corrected chi connectivity index (χ4v) is 1.57. The van der Waals surface area contributed by atoms with Crippen LogP contribution in [0.2, 0.25) is 5.02 Å². The quantitative estimate of drug-likeness (QED) is 0.866. The maximum absolute atomic E-state index is 5.95. The van der Waals surface area contributed by atoms with Crippen LogP contribution < -0.4 is 5.73 Å². The van der Waals surface area contributed by atoms with Gasteiger partial charge >= 0.3 is 0 Å². The first-order valence-electron chi connectivity index (χ1n) is 5.39. The van der Waals surface area contributed by atoms with Gasteiger partial charge in [-0.2, -0.15) is 4.98 Å². The summed E-state index contributed by atoms with van der Waals surface area (Å²) < 4.78 is 10.5. The molecule has 1 heterocycles. The number of halogens is 1. The van der Waals surface area contributed by atoms with Gasteiger partial charge in [0.2, 0.25) is 5.82 Å². The molecule has 0 spiro atoms. The van der Waals surface area contributed by atoms with Crippen molar-refractivity contribution in [3.63, 3.8) is 0 Å². The van der Waals surface area contributed by atoms with Crippen LogP contribution in [0.3, 0.4) is 0 Å². The number of ether oxygens (including phenoxy) is 1. The Kier molecular flexibility index (Phi) is 3.28. The Morgan fingerprint density at radius 2 is 2.11 bits per heavy atom. The summed E-state index contributed by atoms with van der Waals surface area (Å²) in [5.74, 6) is 0.787. The molecule has 5 nitrogen and oxygen atoms in total. The lowest BCUT2D eigenvalue weighted by molar-refractivity contribution is 0.00973. The zero-order valence-corrected chi connectivity index (χ0v) is 11.2. The molecular weight excluding hydrogens is 254 g/mol. The molecule has 0 saturated heterocycles. The Bertz CT molecular complexity index is 566. The van der Waals surface area contributed by atoms with Crippen molar-refractivity contribution in [1.29, 1.82) is 0 Å². The summed E-state index contributed by atoms with van der Waals surface area (Å²) in [6, 6.07) is 5.26. The van der Waals surface area contributed by atoms with Crippen LogP contribution in [0.15, 0.2) is 22.7 Å². The molecule has 0 amide bonds. The molecule has 2 rings (SSSR count). The van der Waals surface area contributed by atoms with E-state index in [9.17, 15) is 0 Å². The molecule has 96 valence electrons. The average molecular weight is 268 g/mol. The summed E-state index contributed by atoms with van der Waals surface area (Å²) in [6.07, 6.45) is 0. The van der Waals surface area contributed by atoms with Crippen LogP contribution in [0.5, 0.6) is 0 Å². The van der Waals surface area contributed by atoms with Crippen molar-refractivity contribution in [2.24, 2.45) is 0 Å². The summed E-state index contributed by atoms with van der Waals surface area (Å²) >= 11 is 5.95. The Balaban J connectivity index is 2.45. The van der Waals surface area contributed by atoms with Gasteiger partial charge in [-0.15, -0.1) is 0 Å². The first kappa shape index (κ1) is 12.9. The van der Waals surface area contributed by atoms with Crippen molar-refractivity contribution in [2.75, 3.05) is 12.8 Å². The number of hydrogen-bond donors (Lipinski definition) is 1. The van der Waals surface area contributed by atoms with Crippen LogP contribution in [-0.2, 0) is 10.3 Å². The SMILES string of the molecule is COC(C)(C)c1noc(-c2cccc(Cl)c2N)n1. The van der Waals surface area contributed by atoms with Crippen molar-refractivity contribution in [3.8, 4) is 11.5 Å². The Morgan fingerprint density at radius 3 is 2.78 bits per heavy atom. The minimum absolute atomic E-state index is 0.329. The number of nitrogens with zero attached hydrogens (tertiary/aromatic N) is 2. The molecule has 0 fully saturated rings. The largest absolute Gasteiger partial charge is 0.397 e. The smallest absolute Gasteiger partial charge is 0.260 e. The summed E-state index contributed by atoms with van der Waals surface area (Å²) in [7, 11) is 1.59. The fraction of sp³-hybridized carbons (Fsp3) is 0.333. The van der Waals surface area contributed by atoms with Gasteiger partial charge in [0.25, 0.3) is 5.89 Å². The van der Waals surface area contributed by atoms with E-state index in [1.54, 1.807) is 25.3 Å². The maximum atomic E-state index is 5.95. The van der Waals surface area contributed by atoms with Gasteiger partial charge in [0, 0.05) is 7.11 Å². The molecule has 0 aliphatic carbocycles. The second kappa shape index (κ2) is 4.59. The highest BCUT2D eigenvalue weighted by Crippen LogP contribution is 2.31. The van der Waals surface area contributed by atoms with Crippen LogP contribution in [0.1, 0.15) is 19.7 Å². The third kappa shape index (κ3) is 2.19. The van der Waals surface area contributed by atoms with Gasteiger partial charge in [-0.05, 0) is 26.0 Å². The summed E-state index contributed by atoms with van der Waals surface area (Å²) in [5.41, 5.74) is 6.30. The number of aromatic nitrogens is 2. The molecule has 0 atom stereocenters. The molecule has 0 unspecified atom stereocenters. The zero-order valence-electron chi connectivity index (χ0n) is 10.4. The minimum atomic E-state index is -0.616. The predicted octanol–water partition coefficient (Wildman–Crippen LogP) is 2.85. The van der Waals surface area contributed by atoms with E-state index in [1.807, 2.05) is 13.8 Å². The number of rotatable bonds is 3. The second-order valence-corrected chi connectivity index (χ2v) is 4.75.